The van der Waals surface area contributed by atoms with Crippen molar-refractivity contribution in [2.24, 2.45) is 0 Å². The summed E-state index contributed by atoms with van der Waals surface area (Å²) in [7, 11) is 0. The van der Waals surface area contributed by atoms with Crippen molar-refractivity contribution in [1.29, 1.82) is 0 Å². The van der Waals surface area contributed by atoms with Gasteiger partial charge in [0.15, 0.2) is 0 Å². The van der Waals surface area contributed by atoms with Crippen molar-refractivity contribution in [1.82, 2.24) is 9.97 Å². The Balaban J connectivity index is 1.90. The predicted octanol–water partition coefficient (Wildman–Crippen LogP) is 3.16. The number of benzene rings is 2. The SMILES string of the molecule is Cc1cccc(-c2nc3c([nH]2)C(=O)c2ccccc2C3=O)c1. The van der Waals surface area contributed by atoms with E-state index in [0.717, 1.165) is 11.1 Å². The van der Waals surface area contributed by atoms with Crippen LogP contribution in [-0.4, -0.2) is 21.5 Å². The van der Waals surface area contributed by atoms with Crippen LogP contribution < -0.4 is 0 Å². The molecule has 1 heterocycles. The van der Waals surface area contributed by atoms with Crippen LogP contribution in [0.1, 0.15) is 37.7 Å². The quantitative estimate of drug-likeness (QED) is 0.585. The third-order valence-corrected chi connectivity index (χ3v) is 3.85. The molecule has 0 unspecified atom stereocenters. The van der Waals surface area contributed by atoms with Gasteiger partial charge < -0.3 is 4.98 Å². The van der Waals surface area contributed by atoms with E-state index in [1.54, 1.807) is 24.3 Å². The van der Waals surface area contributed by atoms with Gasteiger partial charge in [0.1, 0.15) is 17.2 Å². The van der Waals surface area contributed by atoms with Gasteiger partial charge in [-0.2, -0.15) is 0 Å². The minimum Gasteiger partial charge on any atom is -0.335 e. The summed E-state index contributed by atoms with van der Waals surface area (Å²) in [6, 6.07) is 14.6. The van der Waals surface area contributed by atoms with Crippen LogP contribution in [0.5, 0.6) is 0 Å². The number of nitrogens with zero attached hydrogens (tertiary/aromatic N) is 1. The molecule has 0 spiro atoms. The summed E-state index contributed by atoms with van der Waals surface area (Å²) in [5, 5.41) is 0. The number of ketones is 2. The number of fused-ring (bicyclic) bond motifs is 2. The fourth-order valence-electron chi connectivity index (χ4n) is 2.77. The lowest BCUT2D eigenvalue weighted by atomic mass is 9.90. The molecule has 1 aliphatic carbocycles. The maximum absolute atomic E-state index is 12.5. The molecule has 106 valence electrons. The summed E-state index contributed by atoms with van der Waals surface area (Å²) in [6.45, 7) is 1.98. The molecule has 0 atom stereocenters. The summed E-state index contributed by atoms with van der Waals surface area (Å²) in [5.41, 5.74) is 3.29. The highest BCUT2D eigenvalue weighted by Crippen LogP contribution is 2.28. The lowest BCUT2D eigenvalue weighted by Crippen LogP contribution is -2.20. The van der Waals surface area contributed by atoms with Crippen LogP contribution in [-0.2, 0) is 0 Å². The van der Waals surface area contributed by atoms with Gasteiger partial charge in [0.2, 0.25) is 11.6 Å². The molecule has 4 nitrogen and oxygen atoms in total. The standard InChI is InChI=1S/C18H12N2O2/c1-10-5-4-6-11(9-10)18-19-14-15(20-18)17(22)13-8-3-2-7-12(13)16(14)21/h2-9H,1H3,(H,19,20). The zero-order valence-electron chi connectivity index (χ0n) is 11.9. The van der Waals surface area contributed by atoms with Crippen LogP contribution in [0.3, 0.4) is 0 Å². The summed E-state index contributed by atoms with van der Waals surface area (Å²) in [4.78, 5) is 32.5. The molecular formula is C18H12N2O2. The van der Waals surface area contributed by atoms with E-state index in [4.69, 9.17) is 0 Å². The second-order valence-corrected chi connectivity index (χ2v) is 5.38. The Morgan fingerprint density at radius 2 is 1.64 bits per heavy atom. The minimum absolute atomic E-state index is 0.184. The topological polar surface area (TPSA) is 62.8 Å². The molecule has 0 bridgehead atoms. The lowest BCUT2D eigenvalue weighted by molar-refractivity contribution is 0.0974. The first kappa shape index (κ1) is 12.7. The summed E-state index contributed by atoms with van der Waals surface area (Å²) in [6.07, 6.45) is 0. The van der Waals surface area contributed by atoms with E-state index >= 15 is 0 Å². The maximum atomic E-state index is 12.5. The number of nitrogens with one attached hydrogen (secondary N) is 1. The highest BCUT2D eigenvalue weighted by Gasteiger charge is 2.33. The normalized spacial score (nSPS) is 13.0. The van der Waals surface area contributed by atoms with Gasteiger partial charge in [0, 0.05) is 16.7 Å². The van der Waals surface area contributed by atoms with Crippen molar-refractivity contribution in [3.8, 4) is 11.4 Å². The third kappa shape index (κ3) is 1.74. The maximum Gasteiger partial charge on any atom is 0.214 e. The molecule has 4 heteroatoms. The van der Waals surface area contributed by atoms with Crippen molar-refractivity contribution in [3.63, 3.8) is 0 Å². The highest BCUT2D eigenvalue weighted by molar-refractivity contribution is 6.27. The van der Waals surface area contributed by atoms with Gasteiger partial charge in [0.25, 0.3) is 0 Å². The van der Waals surface area contributed by atoms with E-state index < -0.39 is 0 Å². The molecular weight excluding hydrogens is 276 g/mol. The van der Waals surface area contributed by atoms with E-state index in [-0.39, 0.29) is 23.0 Å². The van der Waals surface area contributed by atoms with Gasteiger partial charge in [-0.15, -0.1) is 0 Å². The number of imidazole rings is 1. The largest absolute Gasteiger partial charge is 0.335 e. The average Bonchev–Trinajstić information content (AvgIpc) is 2.98. The molecule has 0 radical (unpaired) electrons. The smallest absolute Gasteiger partial charge is 0.214 e. The van der Waals surface area contributed by atoms with Crippen LogP contribution in [0.15, 0.2) is 48.5 Å². The van der Waals surface area contributed by atoms with E-state index in [9.17, 15) is 9.59 Å². The van der Waals surface area contributed by atoms with Crippen LogP contribution in [0, 0.1) is 6.92 Å². The predicted molar refractivity (Wildman–Crippen MR) is 82.1 cm³/mol. The fraction of sp³-hybridized carbons (Fsp3) is 0.0556. The second kappa shape index (κ2) is 4.49. The first-order valence-corrected chi connectivity index (χ1v) is 7.00. The van der Waals surface area contributed by atoms with Crippen LogP contribution in [0.25, 0.3) is 11.4 Å². The zero-order valence-corrected chi connectivity index (χ0v) is 11.9. The number of aryl methyl sites for hydroxylation is 1. The van der Waals surface area contributed by atoms with Crippen molar-refractivity contribution >= 4 is 11.6 Å². The number of hydrogen-bond acceptors (Lipinski definition) is 3. The number of aromatic amines is 1. The van der Waals surface area contributed by atoms with Gasteiger partial charge in [0.05, 0.1) is 0 Å². The van der Waals surface area contributed by atoms with Crippen LogP contribution in [0.2, 0.25) is 0 Å². The Labute approximate surface area is 126 Å². The molecule has 0 saturated carbocycles. The van der Waals surface area contributed by atoms with E-state index in [0.29, 0.717) is 17.0 Å². The number of rotatable bonds is 1. The van der Waals surface area contributed by atoms with Crippen LogP contribution >= 0.6 is 0 Å². The zero-order chi connectivity index (χ0) is 15.3. The Hall–Kier alpha value is -3.01. The molecule has 22 heavy (non-hydrogen) atoms. The lowest BCUT2D eigenvalue weighted by Gasteiger charge is -2.11. The molecule has 0 saturated heterocycles. The number of aromatic nitrogens is 2. The number of H-pyrrole nitrogens is 1. The van der Waals surface area contributed by atoms with Crippen molar-refractivity contribution in [2.75, 3.05) is 0 Å². The summed E-state index contributed by atoms with van der Waals surface area (Å²) < 4.78 is 0. The molecule has 0 amide bonds. The Bertz CT molecular complexity index is 885. The molecule has 4 rings (SSSR count). The minimum atomic E-state index is -0.208. The van der Waals surface area contributed by atoms with E-state index in [1.807, 2.05) is 31.2 Å². The van der Waals surface area contributed by atoms with Crippen LogP contribution in [0.4, 0.5) is 0 Å². The number of carbonyl (C=O) groups is 2. The first-order chi connectivity index (χ1) is 10.6. The average molecular weight is 288 g/mol. The Morgan fingerprint density at radius 3 is 2.36 bits per heavy atom. The van der Waals surface area contributed by atoms with Gasteiger partial charge in [-0.3, -0.25) is 9.59 Å². The molecule has 0 fully saturated rings. The molecule has 2 aromatic carbocycles. The highest BCUT2D eigenvalue weighted by atomic mass is 16.1. The van der Waals surface area contributed by atoms with E-state index in [1.165, 1.54) is 0 Å². The molecule has 1 N–H and O–H groups in total. The van der Waals surface area contributed by atoms with Gasteiger partial charge in [-0.25, -0.2) is 4.98 Å². The van der Waals surface area contributed by atoms with Crippen molar-refractivity contribution in [3.05, 3.63) is 76.6 Å². The molecule has 1 aliphatic rings. The molecule has 0 aliphatic heterocycles. The second-order valence-electron chi connectivity index (χ2n) is 5.38. The van der Waals surface area contributed by atoms with E-state index in [2.05, 4.69) is 9.97 Å². The number of hydrogen-bond donors (Lipinski definition) is 1. The number of carbonyl (C=O) groups excluding carboxylic acids is 2. The van der Waals surface area contributed by atoms with Crippen molar-refractivity contribution in [2.45, 2.75) is 6.92 Å². The molecule has 3 aromatic rings. The van der Waals surface area contributed by atoms with Gasteiger partial charge in [-0.05, 0) is 13.0 Å². The summed E-state index contributed by atoms with van der Waals surface area (Å²) >= 11 is 0. The first-order valence-electron chi connectivity index (χ1n) is 7.00. The Kier molecular flexibility index (Phi) is 2.60. The molecule has 1 aromatic heterocycles. The Morgan fingerprint density at radius 1 is 0.909 bits per heavy atom. The van der Waals surface area contributed by atoms with Gasteiger partial charge in [-0.1, -0.05) is 48.0 Å². The van der Waals surface area contributed by atoms with Crippen molar-refractivity contribution < 1.29 is 9.59 Å². The fourth-order valence-corrected chi connectivity index (χ4v) is 2.77. The summed E-state index contributed by atoms with van der Waals surface area (Å²) in [5.74, 6) is 0.153. The third-order valence-electron chi connectivity index (χ3n) is 3.85. The monoisotopic (exact) mass is 288 g/mol. The van der Waals surface area contributed by atoms with Gasteiger partial charge >= 0.3 is 0 Å².